The zero-order valence-corrected chi connectivity index (χ0v) is 13.3. The van der Waals surface area contributed by atoms with Gasteiger partial charge in [0.2, 0.25) is 5.91 Å². The van der Waals surface area contributed by atoms with E-state index in [2.05, 4.69) is 34.6 Å². The summed E-state index contributed by atoms with van der Waals surface area (Å²) in [4.78, 5) is 17.3. The average Bonchev–Trinajstić information content (AvgIpc) is 2.91. The minimum Gasteiger partial charge on any atom is -0.366 e. The summed E-state index contributed by atoms with van der Waals surface area (Å²) in [7, 11) is 0. The fourth-order valence-corrected chi connectivity index (χ4v) is 3.18. The van der Waals surface area contributed by atoms with Gasteiger partial charge >= 0.3 is 0 Å². The van der Waals surface area contributed by atoms with Crippen LogP contribution in [0.4, 0.5) is 10.1 Å². The molecule has 0 spiro atoms. The number of nitrogens with zero attached hydrogens (tertiary/aromatic N) is 2. The molecule has 1 saturated heterocycles. The van der Waals surface area contributed by atoms with Crippen LogP contribution in [0.3, 0.4) is 0 Å². The van der Waals surface area contributed by atoms with E-state index in [9.17, 15) is 9.18 Å². The second kappa shape index (κ2) is 6.36. The van der Waals surface area contributed by atoms with Crippen LogP contribution >= 0.6 is 0 Å². The smallest absolute Gasteiger partial charge is 0.217 e. The Kier molecular flexibility index (Phi) is 4.28. The molecule has 0 unspecified atom stereocenters. The van der Waals surface area contributed by atoms with Crippen molar-refractivity contribution in [3.63, 3.8) is 0 Å². The van der Waals surface area contributed by atoms with Gasteiger partial charge in [-0.15, -0.1) is 0 Å². The number of amides is 1. The third-order valence-electron chi connectivity index (χ3n) is 4.31. The molecule has 1 aliphatic rings. The number of hydrogen-bond acceptors (Lipinski definition) is 3. The van der Waals surface area contributed by atoms with Crippen molar-refractivity contribution in [3.8, 4) is 0 Å². The molecule has 1 amide bonds. The number of nitrogens with one attached hydrogen (secondary N) is 1. The summed E-state index contributed by atoms with van der Waals surface area (Å²) in [5.74, 6) is -0.269. The highest BCUT2D eigenvalue weighted by molar-refractivity contribution is 5.73. The topological polar surface area (TPSA) is 45.2 Å². The van der Waals surface area contributed by atoms with Gasteiger partial charge in [-0.05, 0) is 18.6 Å². The van der Waals surface area contributed by atoms with E-state index in [1.165, 1.54) is 18.7 Å². The molecule has 1 N–H and O–H groups in total. The van der Waals surface area contributed by atoms with Gasteiger partial charge in [0.1, 0.15) is 0 Å². The molecule has 5 heteroatoms. The fraction of sp³-hybridized carbons (Fsp3) is 0.333. The Morgan fingerprint density at radius 1 is 1.26 bits per heavy atom. The lowest BCUT2D eigenvalue weighted by molar-refractivity contribution is -0.119. The number of benzene rings is 1. The van der Waals surface area contributed by atoms with Gasteiger partial charge in [-0.25, -0.2) is 4.39 Å². The van der Waals surface area contributed by atoms with Crippen molar-refractivity contribution >= 4 is 11.6 Å². The normalized spacial score (nSPS) is 20.6. The van der Waals surface area contributed by atoms with Crippen LogP contribution in [0, 0.1) is 12.7 Å². The lowest BCUT2D eigenvalue weighted by atomic mass is 9.93. The van der Waals surface area contributed by atoms with Gasteiger partial charge in [0.05, 0.1) is 17.9 Å². The van der Waals surface area contributed by atoms with E-state index in [-0.39, 0.29) is 23.7 Å². The van der Waals surface area contributed by atoms with Gasteiger partial charge in [0, 0.05) is 32.1 Å². The minimum absolute atomic E-state index is 0.0391. The second-order valence-electron chi connectivity index (χ2n) is 6.06. The van der Waals surface area contributed by atoms with Crippen molar-refractivity contribution in [1.29, 1.82) is 0 Å². The molecule has 1 fully saturated rings. The van der Waals surface area contributed by atoms with Gasteiger partial charge in [0.25, 0.3) is 0 Å². The van der Waals surface area contributed by atoms with E-state index in [1.54, 1.807) is 12.3 Å². The lowest BCUT2D eigenvalue weighted by Gasteiger charge is -2.19. The summed E-state index contributed by atoms with van der Waals surface area (Å²) in [5, 5.41) is 3.01. The average molecular weight is 313 g/mol. The van der Waals surface area contributed by atoms with Crippen LogP contribution in [0.1, 0.15) is 24.0 Å². The number of rotatable bonds is 3. The molecule has 0 radical (unpaired) electrons. The Balaban J connectivity index is 1.89. The number of aryl methyl sites for hydroxylation is 1. The molecule has 4 nitrogen and oxygen atoms in total. The van der Waals surface area contributed by atoms with Crippen molar-refractivity contribution in [2.24, 2.45) is 0 Å². The Hall–Kier alpha value is -2.43. The largest absolute Gasteiger partial charge is 0.366 e. The van der Waals surface area contributed by atoms with Gasteiger partial charge in [-0.1, -0.05) is 29.8 Å². The van der Waals surface area contributed by atoms with Crippen molar-refractivity contribution in [1.82, 2.24) is 10.3 Å². The molecular formula is C18H20FN3O. The molecule has 1 aromatic carbocycles. The first-order valence-corrected chi connectivity index (χ1v) is 7.72. The monoisotopic (exact) mass is 313 g/mol. The predicted molar refractivity (Wildman–Crippen MR) is 87.9 cm³/mol. The van der Waals surface area contributed by atoms with Gasteiger partial charge in [0.15, 0.2) is 5.82 Å². The molecule has 3 rings (SSSR count). The fourth-order valence-electron chi connectivity index (χ4n) is 3.18. The summed E-state index contributed by atoms with van der Waals surface area (Å²) in [6.07, 6.45) is 2.81. The van der Waals surface area contributed by atoms with Gasteiger partial charge in [-0.3, -0.25) is 9.78 Å². The van der Waals surface area contributed by atoms with E-state index in [4.69, 9.17) is 0 Å². The number of pyridine rings is 1. The third kappa shape index (κ3) is 3.33. The second-order valence-corrected chi connectivity index (χ2v) is 6.06. The van der Waals surface area contributed by atoms with Crippen molar-refractivity contribution in [2.45, 2.75) is 25.8 Å². The van der Waals surface area contributed by atoms with E-state index in [1.807, 2.05) is 11.8 Å². The third-order valence-corrected chi connectivity index (χ3v) is 4.31. The summed E-state index contributed by atoms with van der Waals surface area (Å²) in [6, 6.07) is 9.94. The molecule has 2 heterocycles. The number of halogens is 1. The Morgan fingerprint density at radius 2 is 2.00 bits per heavy atom. The number of aromatic nitrogens is 1. The molecule has 1 aliphatic heterocycles. The Morgan fingerprint density at radius 3 is 2.65 bits per heavy atom. The van der Waals surface area contributed by atoms with Crippen LogP contribution in [0.15, 0.2) is 42.7 Å². The van der Waals surface area contributed by atoms with E-state index in [0.29, 0.717) is 18.8 Å². The molecule has 23 heavy (non-hydrogen) atoms. The Labute approximate surface area is 135 Å². The van der Waals surface area contributed by atoms with Crippen LogP contribution in [-0.2, 0) is 4.79 Å². The highest BCUT2D eigenvalue weighted by Crippen LogP contribution is 2.32. The number of carbonyl (C=O) groups is 1. The van der Waals surface area contributed by atoms with Crippen LogP contribution in [0.25, 0.3) is 0 Å². The maximum absolute atomic E-state index is 14.0. The molecule has 0 bridgehead atoms. The SMILES string of the molecule is CC(=O)N[C@@H]1CN(c2ccncc2F)C[C@H]1c1ccc(C)cc1. The highest BCUT2D eigenvalue weighted by atomic mass is 19.1. The van der Waals surface area contributed by atoms with Crippen LogP contribution in [0.2, 0.25) is 0 Å². The van der Waals surface area contributed by atoms with E-state index in [0.717, 1.165) is 5.56 Å². The first-order chi connectivity index (χ1) is 11.0. The molecule has 0 aliphatic carbocycles. The molecule has 2 aromatic rings. The van der Waals surface area contributed by atoms with Crippen molar-refractivity contribution in [2.75, 3.05) is 18.0 Å². The zero-order chi connectivity index (χ0) is 16.4. The number of carbonyl (C=O) groups excluding carboxylic acids is 1. The van der Waals surface area contributed by atoms with Gasteiger partial charge in [-0.2, -0.15) is 0 Å². The first-order valence-electron chi connectivity index (χ1n) is 7.72. The number of hydrogen-bond donors (Lipinski definition) is 1. The standard InChI is InChI=1S/C18H20FN3O/c1-12-3-5-14(6-4-12)15-10-22(11-17(15)21-13(2)23)18-7-8-20-9-16(18)19/h3-9,15,17H,10-11H2,1-2H3,(H,21,23)/t15-,17+/m0/s1. The highest BCUT2D eigenvalue weighted by Gasteiger charge is 2.35. The van der Waals surface area contributed by atoms with E-state index < -0.39 is 0 Å². The van der Waals surface area contributed by atoms with Crippen LogP contribution in [-0.4, -0.2) is 30.0 Å². The summed E-state index contributed by atoms with van der Waals surface area (Å²) < 4.78 is 14.0. The molecule has 120 valence electrons. The minimum atomic E-state index is -0.335. The van der Waals surface area contributed by atoms with Crippen LogP contribution < -0.4 is 10.2 Å². The molecule has 1 aromatic heterocycles. The molecule has 2 atom stereocenters. The Bertz CT molecular complexity index is 702. The molecular weight excluding hydrogens is 293 g/mol. The van der Waals surface area contributed by atoms with Crippen LogP contribution in [0.5, 0.6) is 0 Å². The maximum atomic E-state index is 14.0. The maximum Gasteiger partial charge on any atom is 0.217 e. The lowest BCUT2D eigenvalue weighted by Crippen LogP contribution is -2.38. The summed E-state index contributed by atoms with van der Waals surface area (Å²) in [6.45, 7) is 4.80. The zero-order valence-electron chi connectivity index (χ0n) is 13.3. The molecule has 0 saturated carbocycles. The van der Waals surface area contributed by atoms with Gasteiger partial charge < -0.3 is 10.2 Å². The number of anilines is 1. The quantitative estimate of drug-likeness (QED) is 0.947. The predicted octanol–water partition coefficient (Wildman–Crippen LogP) is 2.64. The summed E-state index contributed by atoms with van der Waals surface area (Å²) >= 11 is 0. The van der Waals surface area contributed by atoms with Crippen molar-refractivity contribution < 1.29 is 9.18 Å². The van der Waals surface area contributed by atoms with E-state index >= 15 is 0 Å². The summed E-state index contributed by atoms with van der Waals surface area (Å²) in [5.41, 5.74) is 2.89. The van der Waals surface area contributed by atoms with Crippen molar-refractivity contribution in [3.05, 3.63) is 59.7 Å². The first kappa shape index (κ1) is 15.5.